The standard InChI is InChI=1S/C17H23FN2O2/c1-3-20(4-2)16(22)17(10-11-17)15(21)19-12-9-13-5-7-14(18)8-6-13/h5-8H,3-4,9-12H2,1-2H3,(H,19,21). The van der Waals surface area contributed by atoms with E-state index in [9.17, 15) is 14.0 Å². The van der Waals surface area contributed by atoms with Crippen molar-refractivity contribution in [3.63, 3.8) is 0 Å². The molecule has 5 heteroatoms. The topological polar surface area (TPSA) is 49.4 Å². The van der Waals surface area contributed by atoms with Gasteiger partial charge in [-0.2, -0.15) is 0 Å². The van der Waals surface area contributed by atoms with E-state index in [0.717, 1.165) is 5.56 Å². The fourth-order valence-corrected chi connectivity index (χ4v) is 2.62. The van der Waals surface area contributed by atoms with Gasteiger partial charge in [0.2, 0.25) is 11.8 Å². The Morgan fingerprint density at radius 1 is 1.18 bits per heavy atom. The van der Waals surface area contributed by atoms with Crippen molar-refractivity contribution in [3.05, 3.63) is 35.6 Å². The number of amides is 2. The zero-order chi connectivity index (χ0) is 16.2. The highest BCUT2D eigenvalue weighted by atomic mass is 19.1. The maximum Gasteiger partial charge on any atom is 0.238 e. The predicted molar refractivity (Wildman–Crippen MR) is 82.7 cm³/mol. The second kappa shape index (κ2) is 6.90. The van der Waals surface area contributed by atoms with E-state index in [-0.39, 0.29) is 17.6 Å². The molecule has 2 amide bonds. The van der Waals surface area contributed by atoms with E-state index in [1.165, 1.54) is 12.1 Å². The molecule has 1 aromatic carbocycles. The van der Waals surface area contributed by atoms with Crippen LogP contribution in [0, 0.1) is 11.2 Å². The summed E-state index contributed by atoms with van der Waals surface area (Å²) in [4.78, 5) is 26.5. The molecule has 1 aliphatic rings. The van der Waals surface area contributed by atoms with Gasteiger partial charge in [-0.15, -0.1) is 0 Å². The minimum absolute atomic E-state index is 0.0585. The summed E-state index contributed by atoms with van der Waals surface area (Å²) in [6, 6.07) is 6.22. The lowest BCUT2D eigenvalue weighted by atomic mass is 10.0. The molecule has 120 valence electrons. The molecule has 0 aromatic heterocycles. The van der Waals surface area contributed by atoms with E-state index >= 15 is 0 Å². The van der Waals surface area contributed by atoms with Crippen LogP contribution in [0.15, 0.2) is 24.3 Å². The highest BCUT2D eigenvalue weighted by Crippen LogP contribution is 2.47. The zero-order valence-corrected chi connectivity index (χ0v) is 13.2. The largest absolute Gasteiger partial charge is 0.355 e. The van der Waals surface area contributed by atoms with Crippen molar-refractivity contribution < 1.29 is 14.0 Å². The Morgan fingerprint density at radius 3 is 2.27 bits per heavy atom. The Bertz CT molecular complexity index is 534. The van der Waals surface area contributed by atoms with Crippen LogP contribution in [0.25, 0.3) is 0 Å². The molecule has 0 radical (unpaired) electrons. The molecule has 0 spiro atoms. The summed E-state index contributed by atoms with van der Waals surface area (Å²) in [6.45, 7) is 5.55. The average Bonchev–Trinajstić information content (AvgIpc) is 3.32. The number of rotatable bonds is 7. The van der Waals surface area contributed by atoms with Crippen molar-refractivity contribution in [2.24, 2.45) is 5.41 Å². The van der Waals surface area contributed by atoms with Gasteiger partial charge in [-0.25, -0.2) is 4.39 Å². The lowest BCUT2D eigenvalue weighted by Gasteiger charge is -2.24. The van der Waals surface area contributed by atoms with Crippen LogP contribution in [0.4, 0.5) is 4.39 Å². The van der Waals surface area contributed by atoms with Gasteiger partial charge in [0.05, 0.1) is 0 Å². The Labute approximate surface area is 130 Å². The summed E-state index contributed by atoms with van der Waals surface area (Å²) < 4.78 is 12.8. The van der Waals surface area contributed by atoms with Crippen LogP contribution in [-0.4, -0.2) is 36.3 Å². The molecule has 0 heterocycles. The molecule has 22 heavy (non-hydrogen) atoms. The number of hydrogen-bond acceptors (Lipinski definition) is 2. The molecule has 0 atom stereocenters. The number of carbonyl (C=O) groups is 2. The summed E-state index contributed by atoms with van der Waals surface area (Å²) in [7, 11) is 0. The smallest absolute Gasteiger partial charge is 0.238 e. The Kier molecular flexibility index (Phi) is 5.16. The third-order valence-electron chi connectivity index (χ3n) is 4.26. The number of hydrogen-bond donors (Lipinski definition) is 1. The lowest BCUT2D eigenvalue weighted by Crippen LogP contribution is -2.45. The van der Waals surface area contributed by atoms with Gasteiger partial charge in [-0.05, 0) is 50.8 Å². The molecular weight excluding hydrogens is 283 g/mol. The van der Waals surface area contributed by atoms with Crippen LogP contribution in [0.5, 0.6) is 0 Å². The fraction of sp³-hybridized carbons (Fsp3) is 0.529. The Morgan fingerprint density at radius 2 is 1.77 bits per heavy atom. The SMILES string of the molecule is CCN(CC)C(=O)C1(C(=O)NCCc2ccc(F)cc2)CC1. The molecule has 2 rings (SSSR count). The molecule has 1 N–H and O–H groups in total. The highest BCUT2D eigenvalue weighted by molar-refractivity contribution is 6.07. The first-order valence-electron chi connectivity index (χ1n) is 7.85. The summed E-state index contributed by atoms with van der Waals surface area (Å²) in [6.07, 6.45) is 1.89. The van der Waals surface area contributed by atoms with E-state index in [2.05, 4.69) is 5.32 Å². The summed E-state index contributed by atoms with van der Waals surface area (Å²) >= 11 is 0. The normalized spacial score (nSPS) is 15.2. The van der Waals surface area contributed by atoms with Crippen LogP contribution in [0.1, 0.15) is 32.3 Å². The molecule has 4 nitrogen and oxygen atoms in total. The summed E-state index contributed by atoms with van der Waals surface area (Å²) in [5, 5.41) is 2.85. The number of benzene rings is 1. The van der Waals surface area contributed by atoms with E-state index < -0.39 is 5.41 Å². The minimum Gasteiger partial charge on any atom is -0.355 e. The van der Waals surface area contributed by atoms with E-state index in [4.69, 9.17) is 0 Å². The molecule has 1 aliphatic carbocycles. The summed E-state index contributed by atoms with van der Waals surface area (Å²) in [5.41, 5.74) is 0.121. The zero-order valence-electron chi connectivity index (χ0n) is 13.2. The van der Waals surface area contributed by atoms with Gasteiger partial charge in [0.15, 0.2) is 0 Å². The van der Waals surface area contributed by atoms with Crippen LogP contribution < -0.4 is 5.32 Å². The van der Waals surface area contributed by atoms with E-state index in [0.29, 0.717) is 38.9 Å². The third-order valence-corrected chi connectivity index (χ3v) is 4.26. The first-order valence-corrected chi connectivity index (χ1v) is 7.85. The number of nitrogens with zero attached hydrogens (tertiary/aromatic N) is 1. The molecule has 0 unspecified atom stereocenters. The van der Waals surface area contributed by atoms with Gasteiger partial charge in [-0.1, -0.05) is 12.1 Å². The maximum atomic E-state index is 12.8. The van der Waals surface area contributed by atoms with Crippen molar-refractivity contribution in [2.75, 3.05) is 19.6 Å². The van der Waals surface area contributed by atoms with E-state index in [1.54, 1.807) is 17.0 Å². The van der Waals surface area contributed by atoms with Crippen LogP contribution in [0.2, 0.25) is 0 Å². The molecule has 1 fully saturated rings. The van der Waals surface area contributed by atoms with Crippen molar-refractivity contribution in [1.29, 1.82) is 0 Å². The van der Waals surface area contributed by atoms with Crippen molar-refractivity contribution in [3.8, 4) is 0 Å². The van der Waals surface area contributed by atoms with Gasteiger partial charge in [0.1, 0.15) is 11.2 Å². The van der Waals surface area contributed by atoms with Crippen LogP contribution >= 0.6 is 0 Å². The first-order chi connectivity index (χ1) is 10.5. The third kappa shape index (κ3) is 3.46. The first kappa shape index (κ1) is 16.5. The van der Waals surface area contributed by atoms with Gasteiger partial charge in [0, 0.05) is 19.6 Å². The van der Waals surface area contributed by atoms with Crippen molar-refractivity contribution in [1.82, 2.24) is 10.2 Å². The highest BCUT2D eigenvalue weighted by Gasteiger charge is 2.57. The molecule has 0 saturated heterocycles. The monoisotopic (exact) mass is 306 g/mol. The number of nitrogens with one attached hydrogen (secondary N) is 1. The number of halogens is 1. The molecular formula is C17H23FN2O2. The minimum atomic E-state index is -0.838. The quantitative estimate of drug-likeness (QED) is 0.785. The molecule has 1 aromatic rings. The second-order valence-electron chi connectivity index (χ2n) is 5.69. The fourth-order valence-electron chi connectivity index (χ4n) is 2.62. The lowest BCUT2D eigenvalue weighted by molar-refractivity contribution is -0.143. The van der Waals surface area contributed by atoms with Gasteiger partial charge in [0.25, 0.3) is 0 Å². The van der Waals surface area contributed by atoms with Crippen LogP contribution in [0.3, 0.4) is 0 Å². The predicted octanol–water partition coefficient (Wildman–Crippen LogP) is 2.13. The number of carbonyl (C=O) groups excluding carboxylic acids is 2. The summed E-state index contributed by atoms with van der Waals surface area (Å²) in [5.74, 6) is -0.502. The maximum absolute atomic E-state index is 12.8. The molecule has 0 bridgehead atoms. The Hall–Kier alpha value is -1.91. The van der Waals surface area contributed by atoms with Crippen molar-refractivity contribution in [2.45, 2.75) is 33.1 Å². The second-order valence-corrected chi connectivity index (χ2v) is 5.69. The Balaban J connectivity index is 1.86. The van der Waals surface area contributed by atoms with Gasteiger partial charge >= 0.3 is 0 Å². The van der Waals surface area contributed by atoms with E-state index in [1.807, 2.05) is 13.8 Å². The van der Waals surface area contributed by atoms with Gasteiger partial charge < -0.3 is 10.2 Å². The van der Waals surface area contributed by atoms with Gasteiger partial charge in [-0.3, -0.25) is 9.59 Å². The molecule has 1 saturated carbocycles. The van der Waals surface area contributed by atoms with Crippen LogP contribution in [-0.2, 0) is 16.0 Å². The van der Waals surface area contributed by atoms with Crippen molar-refractivity contribution >= 4 is 11.8 Å². The average molecular weight is 306 g/mol. The molecule has 0 aliphatic heterocycles.